The largest absolute Gasteiger partial charge is 0.480 e. The number of carboxylic acids is 1. The van der Waals surface area contributed by atoms with E-state index in [1.54, 1.807) is 0 Å². The molecule has 0 aromatic heterocycles. The van der Waals surface area contributed by atoms with Crippen LogP contribution < -0.4 is 16.4 Å². The molecule has 1 fully saturated rings. The van der Waals surface area contributed by atoms with Crippen LogP contribution in [0.1, 0.15) is 45.4 Å². The summed E-state index contributed by atoms with van der Waals surface area (Å²) in [7, 11) is 0. The molecule has 0 saturated heterocycles. The first kappa shape index (κ1) is 16.3. The van der Waals surface area contributed by atoms with Gasteiger partial charge >= 0.3 is 12.0 Å². The summed E-state index contributed by atoms with van der Waals surface area (Å²) >= 11 is 0. The summed E-state index contributed by atoms with van der Waals surface area (Å²) in [5, 5.41) is 14.1. The van der Waals surface area contributed by atoms with Gasteiger partial charge in [-0.2, -0.15) is 0 Å². The third-order valence-electron chi connectivity index (χ3n) is 3.63. The second-order valence-corrected chi connectivity index (χ2v) is 5.47. The smallest absolute Gasteiger partial charge is 0.326 e. The third kappa shape index (κ3) is 5.90. The van der Waals surface area contributed by atoms with Crippen molar-refractivity contribution in [3.8, 4) is 0 Å². The number of urea groups is 1. The fourth-order valence-corrected chi connectivity index (χ4v) is 2.33. The molecule has 1 aliphatic rings. The second-order valence-electron chi connectivity index (χ2n) is 5.47. The molecular formula is C13H23N3O4. The van der Waals surface area contributed by atoms with Crippen molar-refractivity contribution in [2.75, 3.05) is 0 Å². The maximum absolute atomic E-state index is 11.8. The average Bonchev–Trinajstić information content (AvgIpc) is 2.36. The standard InChI is InChI=1S/C13H23N3O4/c1-8-2-4-9(5-3-8)15-13(20)16-10(12(18)19)6-7-11(14)17/h8-10H,2-7H2,1H3,(H2,14,17)(H,18,19)(H2,15,16,20). The zero-order chi connectivity index (χ0) is 15.1. The monoisotopic (exact) mass is 285 g/mol. The topological polar surface area (TPSA) is 122 Å². The van der Waals surface area contributed by atoms with Gasteiger partial charge in [0.2, 0.25) is 5.91 Å². The number of primary amides is 1. The zero-order valence-electron chi connectivity index (χ0n) is 11.7. The Labute approximate surface area is 118 Å². The van der Waals surface area contributed by atoms with E-state index in [4.69, 9.17) is 10.8 Å². The Hall–Kier alpha value is -1.79. The average molecular weight is 285 g/mol. The van der Waals surface area contributed by atoms with E-state index in [2.05, 4.69) is 17.6 Å². The first-order valence-electron chi connectivity index (χ1n) is 6.96. The van der Waals surface area contributed by atoms with E-state index in [1.807, 2.05) is 0 Å². The van der Waals surface area contributed by atoms with Gasteiger partial charge in [-0.15, -0.1) is 0 Å². The number of carbonyl (C=O) groups is 3. The Bertz CT molecular complexity index is 365. The summed E-state index contributed by atoms with van der Waals surface area (Å²) in [4.78, 5) is 33.4. The van der Waals surface area contributed by atoms with Crippen LogP contribution in [0.25, 0.3) is 0 Å². The van der Waals surface area contributed by atoms with Crippen molar-refractivity contribution in [2.45, 2.75) is 57.5 Å². The second kappa shape index (κ2) is 7.72. The number of nitrogens with two attached hydrogens (primary N) is 1. The fraction of sp³-hybridized carbons (Fsp3) is 0.769. The summed E-state index contributed by atoms with van der Waals surface area (Å²) in [5.74, 6) is -1.07. The molecule has 1 saturated carbocycles. The number of hydrogen-bond donors (Lipinski definition) is 4. The Morgan fingerprint density at radius 1 is 1.25 bits per heavy atom. The van der Waals surface area contributed by atoms with Crippen LogP contribution >= 0.6 is 0 Å². The van der Waals surface area contributed by atoms with Crippen LogP contribution in [0.2, 0.25) is 0 Å². The highest BCUT2D eigenvalue weighted by molar-refractivity contribution is 5.83. The number of hydrogen-bond acceptors (Lipinski definition) is 3. The molecule has 20 heavy (non-hydrogen) atoms. The lowest BCUT2D eigenvalue weighted by atomic mass is 9.87. The van der Waals surface area contributed by atoms with Crippen molar-refractivity contribution in [3.63, 3.8) is 0 Å². The molecule has 1 aliphatic carbocycles. The van der Waals surface area contributed by atoms with Gasteiger partial charge in [-0.25, -0.2) is 9.59 Å². The quantitative estimate of drug-likeness (QED) is 0.570. The summed E-state index contributed by atoms with van der Waals surface area (Å²) in [5.41, 5.74) is 4.97. The first-order valence-corrected chi connectivity index (χ1v) is 6.96. The van der Waals surface area contributed by atoms with Crippen LogP contribution in [-0.4, -0.2) is 35.1 Å². The normalized spacial score (nSPS) is 23.6. The highest BCUT2D eigenvalue weighted by Gasteiger charge is 2.23. The van der Waals surface area contributed by atoms with Crippen molar-refractivity contribution in [3.05, 3.63) is 0 Å². The Morgan fingerprint density at radius 3 is 2.35 bits per heavy atom. The molecule has 0 aromatic carbocycles. The van der Waals surface area contributed by atoms with Crippen molar-refractivity contribution < 1.29 is 19.5 Å². The lowest BCUT2D eigenvalue weighted by Crippen LogP contribution is -2.49. The number of amides is 3. The van der Waals surface area contributed by atoms with Gasteiger partial charge in [0, 0.05) is 12.5 Å². The zero-order valence-corrected chi connectivity index (χ0v) is 11.7. The van der Waals surface area contributed by atoms with E-state index >= 15 is 0 Å². The van der Waals surface area contributed by atoms with Gasteiger partial charge in [0.25, 0.3) is 0 Å². The Kier molecular flexibility index (Phi) is 6.27. The maximum atomic E-state index is 11.8. The van der Waals surface area contributed by atoms with Gasteiger partial charge in [0.1, 0.15) is 6.04 Å². The Morgan fingerprint density at radius 2 is 1.85 bits per heavy atom. The van der Waals surface area contributed by atoms with E-state index in [0.29, 0.717) is 5.92 Å². The number of carbonyl (C=O) groups excluding carboxylic acids is 2. The summed E-state index contributed by atoms with van der Waals surface area (Å²) in [6.45, 7) is 2.18. The molecule has 0 heterocycles. The summed E-state index contributed by atoms with van der Waals surface area (Å²) in [6.07, 6.45) is 3.88. The number of carboxylic acid groups (broad SMARTS) is 1. The van der Waals surface area contributed by atoms with Crippen molar-refractivity contribution in [1.82, 2.24) is 10.6 Å². The molecule has 0 aromatic rings. The molecule has 1 rings (SSSR count). The number of nitrogens with one attached hydrogen (secondary N) is 2. The van der Waals surface area contributed by atoms with Gasteiger partial charge < -0.3 is 21.5 Å². The van der Waals surface area contributed by atoms with Gasteiger partial charge in [-0.05, 0) is 38.0 Å². The highest BCUT2D eigenvalue weighted by Crippen LogP contribution is 2.23. The summed E-state index contributed by atoms with van der Waals surface area (Å²) in [6, 6.07) is -1.50. The van der Waals surface area contributed by atoms with Crippen LogP contribution in [0.5, 0.6) is 0 Å². The predicted octanol–water partition coefficient (Wildman–Crippen LogP) is 0.583. The number of rotatable bonds is 6. The molecule has 7 heteroatoms. The molecule has 1 unspecified atom stereocenters. The third-order valence-corrected chi connectivity index (χ3v) is 3.63. The minimum atomic E-state index is -1.17. The van der Waals surface area contributed by atoms with E-state index in [1.165, 1.54) is 0 Å². The van der Waals surface area contributed by atoms with Crippen LogP contribution in [0.15, 0.2) is 0 Å². The van der Waals surface area contributed by atoms with Crippen LogP contribution in [-0.2, 0) is 9.59 Å². The van der Waals surface area contributed by atoms with Crippen molar-refractivity contribution >= 4 is 17.9 Å². The van der Waals surface area contributed by atoms with Gasteiger partial charge in [0.15, 0.2) is 0 Å². The van der Waals surface area contributed by atoms with E-state index in [9.17, 15) is 14.4 Å². The molecule has 0 radical (unpaired) electrons. The van der Waals surface area contributed by atoms with Crippen LogP contribution in [0, 0.1) is 5.92 Å². The summed E-state index contributed by atoms with van der Waals surface area (Å²) < 4.78 is 0. The van der Waals surface area contributed by atoms with Gasteiger partial charge in [-0.1, -0.05) is 6.92 Å². The highest BCUT2D eigenvalue weighted by atomic mass is 16.4. The predicted molar refractivity (Wildman–Crippen MR) is 72.9 cm³/mol. The van der Waals surface area contributed by atoms with Gasteiger partial charge in [0.05, 0.1) is 0 Å². The molecule has 5 N–H and O–H groups in total. The van der Waals surface area contributed by atoms with E-state index in [-0.39, 0.29) is 18.9 Å². The van der Waals surface area contributed by atoms with E-state index < -0.39 is 23.9 Å². The minimum Gasteiger partial charge on any atom is -0.480 e. The number of aliphatic carboxylic acids is 1. The van der Waals surface area contributed by atoms with Crippen molar-refractivity contribution in [1.29, 1.82) is 0 Å². The van der Waals surface area contributed by atoms with Crippen molar-refractivity contribution in [2.24, 2.45) is 11.7 Å². The molecule has 0 spiro atoms. The maximum Gasteiger partial charge on any atom is 0.326 e. The molecule has 3 amide bonds. The molecule has 114 valence electrons. The van der Waals surface area contributed by atoms with Crippen LogP contribution in [0.4, 0.5) is 4.79 Å². The van der Waals surface area contributed by atoms with E-state index in [0.717, 1.165) is 25.7 Å². The minimum absolute atomic E-state index is 0.000211. The Balaban J connectivity index is 2.37. The molecule has 0 bridgehead atoms. The fourth-order valence-electron chi connectivity index (χ4n) is 2.33. The molecule has 0 aliphatic heterocycles. The first-order chi connectivity index (χ1) is 9.38. The molecule has 7 nitrogen and oxygen atoms in total. The molecular weight excluding hydrogens is 262 g/mol. The molecule has 1 atom stereocenters. The SMILES string of the molecule is CC1CCC(NC(=O)NC(CCC(N)=O)C(=O)O)CC1. The van der Waals surface area contributed by atoms with Gasteiger partial charge in [-0.3, -0.25) is 4.79 Å². The van der Waals surface area contributed by atoms with Crippen LogP contribution in [0.3, 0.4) is 0 Å². The lowest BCUT2D eigenvalue weighted by molar-refractivity contribution is -0.139. The lowest BCUT2D eigenvalue weighted by Gasteiger charge is -2.27.